The summed E-state index contributed by atoms with van der Waals surface area (Å²) in [5, 5.41) is 9.15. The molecule has 0 atom stereocenters. The highest BCUT2D eigenvalue weighted by Gasteiger charge is 2.40. The van der Waals surface area contributed by atoms with Gasteiger partial charge >= 0.3 is 0 Å². The summed E-state index contributed by atoms with van der Waals surface area (Å²) < 4.78 is 5.16. The smallest absolute Gasteiger partial charge is 0.272 e. The topological polar surface area (TPSA) is 66.8 Å². The number of hydrogen-bond donors (Lipinski definition) is 1. The summed E-state index contributed by atoms with van der Waals surface area (Å²) in [7, 11) is 1.57. The van der Waals surface area contributed by atoms with E-state index < -0.39 is 0 Å². The molecule has 6 heteroatoms. The molecular weight excluding hydrogens is 350 g/mol. The van der Waals surface area contributed by atoms with E-state index in [0.717, 1.165) is 5.56 Å². The Kier molecular flexibility index (Phi) is 5.44. The van der Waals surface area contributed by atoms with Crippen molar-refractivity contribution in [3.63, 3.8) is 0 Å². The molecule has 2 aromatic carbocycles. The number of anilines is 1. The zero-order chi connectivity index (χ0) is 18.7. The Hall–Kier alpha value is -2.57. The number of amides is 2. The molecule has 0 spiro atoms. The second kappa shape index (κ2) is 7.76. The van der Waals surface area contributed by atoms with Crippen LogP contribution >= 0.6 is 11.8 Å². The first-order chi connectivity index (χ1) is 12.6. The number of ether oxygens (including phenoxy) is 1. The van der Waals surface area contributed by atoms with Crippen LogP contribution in [0.5, 0.6) is 5.75 Å². The van der Waals surface area contributed by atoms with E-state index in [-0.39, 0.29) is 18.4 Å². The van der Waals surface area contributed by atoms with Gasteiger partial charge in [-0.1, -0.05) is 29.8 Å². The second-order valence-corrected chi connectivity index (χ2v) is 6.89. The van der Waals surface area contributed by atoms with Crippen LogP contribution in [0.15, 0.2) is 53.4 Å². The Bertz CT molecular complexity index is 856. The number of rotatable bonds is 6. The predicted molar refractivity (Wildman–Crippen MR) is 103 cm³/mol. The van der Waals surface area contributed by atoms with Gasteiger partial charge in [-0.3, -0.25) is 9.59 Å². The monoisotopic (exact) mass is 369 g/mol. The summed E-state index contributed by atoms with van der Waals surface area (Å²) in [6.07, 6.45) is 0. The molecule has 1 aliphatic rings. The molecule has 5 nitrogen and oxygen atoms in total. The van der Waals surface area contributed by atoms with Crippen LogP contribution in [0.1, 0.15) is 11.1 Å². The van der Waals surface area contributed by atoms with Gasteiger partial charge in [0.1, 0.15) is 5.75 Å². The van der Waals surface area contributed by atoms with Crippen molar-refractivity contribution >= 4 is 34.8 Å². The van der Waals surface area contributed by atoms with E-state index >= 15 is 0 Å². The van der Waals surface area contributed by atoms with Gasteiger partial charge in [-0.15, -0.1) is 11.8 Å². The van der Waals surface area contributed by atoms with E-state index in [0.29, 0.717) is 33.2 Å². The van der Waals surface area contributed by atoms with Crippen LogP contribution < -0.4 is 9.64 Å². The molecule has 2 amide bonds. The Morgan fingerprint density at radius 3 is 2.23 bits per heavy atom. The van der Waals surface area contributed by atoms with Gasteiger partial charge < -0.3 is 9.84 Å². The van der Waals surface area contributed by atoms with E-state index in [1.807, 2.05) is 19.1 Å². The molecule has 0 unspecified atom stereocenters. The lowest BCUT2D eigenvalue weighted by molar-refractivity contribution is -0.119. The maximum absolute atomic E-state index is 13.1. The number of thioether (sulfide) groups is 1. The normalized spacial score (nSPS) is 14.3. The lowest BCUT2D eigenvalue weighted by Crippen LogP contribution is -2.31. The zero-order valence-electron chi connectivity index (χ0n) is 14.6. The number of aryl methyl sites for hydroxylation is 1. The van der Waals surface area contributed by atoms with Crippen LogP contribution in [0.25, 0.3) is 5.57 Å². The standard InChI is InChI=1S/C20H19NO4S/c1-13-3-7-15(8-4-13)21-19(23)17(18(20(21)24)26-12-11-22)14-5-9-16(25-2)10-6-14/h3-10,22H,11-12H2,1-2H3. The van der Waals surface area contributed by atoms with E-state index in [9.17, 15) is 9.59 Å². The van der Waals surface area contributed by atoms with E-state index in [4.69, 9.17) is 9.84 Å². The number of aliphatic hydroxyl groups excluding tert-OH is 1. The van der Waals surface area contributed by atoms with Gasteiger partial charge in [0, 0.05) is 5.75 Å². The van der Waals surface area contributed by atoms with Crippen molar-refractivity contribution in [2.45, 2.75) is 6.92 Å². The molecule has 0 bridgehead atoms. The molecule has 1 N–H and O–H groups in total. The first-order valence-corrected chi connectivity index (χ1v) is 9.13. The van der Waals surface area contributed by atoms with Gasteiger partial charge in [-0.2, -0.15) is 0 Å². The van der Waals surface area contributed by atoms with E-state index in [1.54, 1.807) is 43.5 Å². The molecule has 26 heavy (non-hydrogen) atoms. The Morgan fingerprint density at radius 2 is 1.65 bits per heavy atom. The van der Waals surface area contributed by atoms with Crippen molar-refractivity contribution in [3.8, 4) is 5.75 Å². The molecule has 0 saturated heterocycles. The number of imide groups is 1. The third-order valence-electron chi connectivity index (χ3n) is 4.05. The highest BCUT2D eigenvalue weighted by atomic mass is 32.2. The molecular formula is C20H19NO4S. The molecule has 2 aromatic rings. The van der Waals surface area contributed by atoms with E-state index in [1.165, 1.54) is 16.7 Å². The van der Waals surface area contributed by atoms with E-state index in [2.05, 4.69) is 0 Å². The van der Waals surface area contributed by atoms with Crippen LogP contribution in [0.2, 0.25) is 0 Å². The first-order valence-electron chi connectivity index (χ1n) is 8.14. The summed E-state index contributed by atoms with van der Waals surface area (Å²) in [5.41, 5.74) is 2.60. The van der Waals surface area contributed by atoms with Crippen LogP contribution in [0.4, 0.5) is 5.69 Å². The largest absolute Gasteiger partial charge is 0.497 e. The van der Waals surface area contributed by atoms with Gasteiger partial charge in [0.2, 0.25) is 0 Å². The number of benzene rings is 2. The van der Waals surface area contributed by atoms with Crippen LogP contribution in [0.3, 0.4) is 0 Å². The van der Waals surface area contributed by atoms with Crippen LogP contribution in [-0.4, -0.2) is 36.4 Å². The number of carbonyl (C=O) groups excluding carboxylic acids is 2. The minimum atomic E-state index is -0.358. The minimum absolute atomic E-state index is 0.0734. The van der Waals surface area contributed by atoms with Crippen molar-refractivity contribution in [1.29, 1.82) is 0 Å². The molecule has 3 rings (SSSR count). The quantitative estimate of drug-likeness (QED) is 0.793. The number of nitrogens with zero attached hydrogens (tertiary/aromatic N) is 1. The van der Waals surface area contributed by atoms with Crippen molar-refractivity contribution < 1.29 is 19.4 Å². The van der Waals surface area contributed by atoms with Gasteiger partial charge in [0.25, 0.3) is 11.8 Å². The Balaban J connectivity index is 2.04. The highest BCUT2D eigenvalue weighted by molar-refractivity contribution is 8.04. The molecule has 0 radical (unpaired) electrons. The lowest BCUT2D eigenvalue weighted by atomic mass is 10.1. The number of aliphatic hydroxyl groups is 1. The highest BCUT2D eigenvalue weighted by Crippen LogP contribution is 2.38. The van der Waals surface area contributed by atoms with Gasteiger partial charge in [-0.25, -0.2) is 4.90 Å². The summed E-state index contributed by atoms with van der Waals surface area (Å²) in [6.45, 7) is 1.87. The molecule has 1 heterocycles. The minimum Gasteiger partial charge on any atom is -0.497 e. The molecule has 1 aliphatic heterocycles. The first kappa shape index (κ1) is 18.2. The molecule has 134 valence electrons. The molecule has 0 aliphatic carbocycles. The number of hydrogen-bond acceptors (Lipinski definition) is 5. The van der Waals surface area contributed by atoms with Gasteiger partial charge in [0.05, 0.1) is 29.9 Å². The molecule has 0 fully saturated rings. The third-order valence-corrected chi connectivity index (χ3v) is 5.10. The summed E-state index contributed by atoms with van der Waals surface area (Å²) >= 11 is 1.20. The summed E-state index contributed by atoms with van der Waals surface area (Å²) in [4.78, 5) is 27.6. The number of methoxy groups -OCH3 is 1. The van der Waals surface area contributed by atoms with Crippen LogP contribution in [-0.2, 0) is 9.59 Å². The SMILES string of the molecule is COc1ccc(C2=C(SCCO)C(=O)N(c3ccc(C)cc3)C2=O)cc1. The predicted octanol–water partition coefficient (Wildman–Crippen LogP) is 3.01. The Labute approximate surface area is 156 Å². The fourth-order valence-corrected chi connectivity index (χ4v) is 3.59. The summed E-state index contributed by atoms with van der Waals surface area (Å²) in [6, 6.07) is 14.3. The zero-order valence-corrected chi connectivity index (χ0v) is 15.4. The fraction of sp³-hybridized carbons (Fsp3) is 0.200. The van der Waals surface area contributed by atoms with Crippen molar-refractivity contribution in [3.05, 3.63) is 64.6 Å². The van der Waals surface area contributed by atoms with Gasteiger partial charge in [0.15, 0.2) is 0 Å². The number of carbonyl (C=O) groups is 2. The molecule has 0 aromatic heterocycles. The average Bonchev–Trinajstić information content (AvgIpc) is 2.91. The van der Waals surface area contributed by atoms with Crippen LogP contribution in [0, 0.1) is 6.92 Å². The lowest BCUT2D eigenvalue weighted by Gasteiger charge is -2.15. The Morgan fingerprint density at radius 1 is 1.00 bits per heavy atom. The second-order valence-electron chi connectivity index (χ2n) is 5.79. The van der Waals surface area contributed by atoms with Gasteiger partial charge in [-0.05, 0) is 36.8 Å². The van der Waals surface area contributed by atoms with Crippen molar-refractivity contribution in [1.82, 2.24) is 0 Å². The summed E-state index contributed by atoms with van der Waals surface area (Å²) in [5.74, 6) is 0.300. The van der Waals surface area contributed by atoms with Crippen molar-refractivity contribution in [2.24, 2.45) is 0 Å². The maximum atomic E-state index is 13.1. The maximum Gasteiger partial charge on any atom is 0.272 e. The van der Waals surface area contributed by atoms with Crippen molar-refractivity contribution in [2.75, 3.05) is 24.4 Å². The average molecular weight is 369 g/mol. The molecule has 0 saturated carbocycles. The third kappa shape index (κ3) is 3.38. The fourth-order valence-electron chi connectivity index (χ4n) is 2.73.